The molecule has 8 heteroatoms. The van der Waals surface area contributed by atoms with Crippen LogP contribution >= 0.6 is 0 Å². The van der Waals surface area contributed by atoms with Gasteiger partial charge in [0.05, 0.1) is 25.2 Å². The molecule has 0 saturated carbocycles. The zero-order chi connectivity index (χ0) is 22.4. The van der Waals surface area contributed by atoms with E-state index in [1.165, 1.54) is 12.1 Å². The van der Waals surface area contributed by atoms with Crippen molar-refractivity contribution in [2.45, 2.75) is 17.9 Å². The van der Waals surface area contributed by atoms with E-state index in [2.05, 4.69) is 10.0 Å². The van der Waals surface area contributed by atoms with Gasteiger partial charge in [0.1, 0.15) is 11.5 Å². The second kappa shape index (κ2) is 9.53. The van der Waals surface area contributed by atoms with E-state index in [4.69, 9.17) is 9.47 Å². The third-order valence-electron chi connectivity index (χ3n) is 4.70. The van der Waals surface area contributed by atoms with Crippen molar-refractivity contribution in [3.8, 4) is 11.5 Å². The Labute approximate surface area is 182 Å². The summed E-state index contributed by atoms with van der Waals surface area (Å²) in [7, 11) is -0.556. The van der Waals surface area contributed by atoms with Crippen molar-refractivity contribution in [2.75, 3.05) is 18.9 Å². The van der Waals surface area contributed by atoms with Gasteiger partial charge in [-0.25, -0.2) is 8.42 Å². The Morgan fingerprint density at radius 3 is 2.19 bits per heavy atom. The molecule has 0 radical (unpaired) electrons. The van der Waals surface area contributed by atoms with E-state index in [0.29, 0.717) is 22.7 Å². The van der Waals surface area contributed by atoms with Crippen LogP contribution in [-0.4, -0.2) is 28.5 Å². The van der Waals surface area contributed by atoms with Crippen molar-refractivity contribution in [3.63, 3.8) is 0 Å². The Bertz CT molecular complexity index is 1150. The van der Waals surface area contributed by atoms with Crippen LogP contribution in [0.25, 0.3) is 0 Å². The first-order valence-electron chi connectivity index (χ1n) is 9.55. The summed E-state index contributed by atoms with van der Waals surface area (Å²) < 4.78 is 38.0. The van der Waals surface area contributed by atoms with E-state index in [1.54, 1.807) is 68.8 Å². The minimum absolute atomic E-state index is 0.165. The smallest absolute Gasteiger partial charge is 0.261 e. The van der Waals surface area contributed by atoms with Gasteiger partial charge in [0.15, 0.2) is 0 Å². The number of nitrogens with one attached hydrogen (secondary N) is 2. The maximum Gasteiger partial charge on any atom is 0.261 e. The van der Waals surface area contributed by atoms with Gasteiger partial charge in [-0.1, -0.05) is 18.2 Å². The molecular weight excluding hydrogens is 416 g/mol. The average Bonchev–Trinajstić information content (AvgIpc) is 2.79. The normalized spacial score (nSPS) is 12.0. The lowest BCUT2D eigenvalue weighted by molar-refractivity contribution is 0.0939. The van der Waals surface area contributed by atoms with E-state index in [1.807, 2.05) is 13.0 Å². The molecule has 7 nitrogen and oxygen atoms in total. The summed E-state index contributed by atoms with van der Waals surface area (Å²) in [5, 5.41) is 2.92. The summed E-state index contributed by atoms with van der Waals surface area (Å²) in [5.41, 5.74) is 1.54. The molecule has 3 aromatic carbocycles. The Morgan fingerprint density at radius 2 is 1.58 bits per heavy atom. The van der Waals surface area contributed by atoms with Crippen LogP contribution in [-0.2, 0) is 10.0 Å². The quantitative estimate of drug-likeness (QED) is 0.552. The molecule has 0 bridgehead atoms. The summed E-state index contributed by atoms with van der Waals surface area (Å²) in [5.74, 6) is 1.00. The summed E-state index contributed by atoms with van der Waals surface area (Å²) in [6, 6.07) is 19.3. The van der Waals surface area contributed by atoms with Crippen LogP contribution < -0.4 is 19.5 Å². The molecule has 0 aromatic heterocycles. The number of hydrogen-bond donors (Lipinski definition) is 2. The lowest BCUT2D eigenvalue weighted by Crippen LogP contribution is -2.27. The molecule has 0 fully saturated rings. The molecule has 0 heterocycles. The Kier molecular flexibility index (Phi) is 6.81. The standard InChI is InChI=1S/C23H24N2O5S/c1-16(21-15-19(29-2)13-14-22(21)30-3)24-23(26)17-9-11-18(12-10-17)25-31(27,28)20-7-5-4-6-8-20/h4-16,25H,1-3H3,(H,24,26)/t16-/m1/s1. The summed E-state index contributed by atoms with van der Waals surface area (Å²) in [4.78, 5) is 12.8. The van der Waals surface area contributed by atoms with Crippen molar-refractivity contribution in [3.05, 3.63) is 83.9 Å². The van der Waals surface area contributed by atoms with Gasteiger partial charge in [0, 0.05) is 16.8 Å². The predicted octanol–water partition coefficient (Wildman–Crippen LogP) is 4.00. The van der Waals surface area contributed by atoms with Crippen LogP contribution in [0.1, 0.15) is 28.9 Å². The summed E-state index contributed by atoms with van der Waals surface area (Å²) >= 11 is 0. The fourth-order valence-electron chi connectivity index (χ4n) is 3.04. The average molecular weight is 441 g/mol. The number of amides is 1. The van der Waals surface area contributed by atoms with Gasteiger partial charge >= 0.3 is 0 Å². The summed E-state index contributed by atoms with van der Waals surface area (Å²) in [6.07, 6.45) is 0. The lowest BCUT2D eigenvalue weighted by Gasteiger charge is -2.18. The van der Waals surface area contributed by atoms with E-state index in [9.17, 15) is 13.2 Å². The molecule has 162 valence electrons. The van der Waals surface area contributed by atoms with Crippen molar-refractivity contribution >= 4 is 21.6 Å². The van der Waals surface area contributed by atoms with Crippen LogP contribution in [0, 0.1) is 0 Å². The third-order valence-corrected chi connectivity index (χ3v) is 6.10. The van der Waals surface area contributed by atoms with Crippen molar-refractivity contribution in [1.82, 2.24) is 5.32 Å². The fraction of sp³-hybridized carbons (Fsp3) is 0.174. The molecule has 3 rings (SSSR count). The maximum atomic E-state index is 12.7. The molecular formula is C23H24N2O5S. The molecule has 1 amide bonds. The van der Waals surface area contributed by atoms with Gasteiger partial charge in [-0.15, -0.1) is 0 Å². The van der Waals surface area contributed by atoms with E-state index in [-0.39, 0.29) is 16.8 Å². The highest BCUT2D eigenvalue weighted by molar-refractivity contribution is 7.92. The number of sulfonamides is 1. The third kappa shape index (κ3) is 5.35. The molecule has 3 aromatic rings. The Balaban J connectivity index is 1.71. The minimum atomic E-state index is -3.69. The number of ether oxygens (including phenoxy) is 2. The molecule has 31 heavy (non-hydrogen) atoms. The molecule has 0 aliphatic rings. The molecule has 0 aliphatic heterocycles. The SMILES string of the molecule is COc1ccc(OC)c([C@@H](C)NC(=O)c2ccc(NS(=O)(=O)c3ccccc3)cc2)c1. The topological polar surface area (TPSA) is 93.7 Å². The molecule has 2 N–H and O–H groups in total. The maximum absolute atomic E-state index is 12.7. The van der Waals surface area contributed by atoms with Gasteiger partial charge in [0.25, 0.3) is 15.9 Å². The molecule has 0 unspecified atom stereocenters. The molecule has 0 spiro atoms. The van der Waals surface area contributed by atoms with Gasteiger partial charge in [-0.3, -0.25) is 9.52 Å². The molecule has 0 saturated heterocycles. The van der Waals surface area contributed by atoms with Crippen LogP contribution in [0.2, 0.25) is 0 Å². The van der Waals surface area contributed by atoms with Crippen LogP contribution in [0.15, 0.2) is 77.7 Å². The first-order chi connectivity index (χ1) is 14.8. The highest BCUT2D eigenvalue weighted by Crippen LogP contribution is 2.29. The molecule has 0 aliphatic carbocycles. The number of carbonyl (C=O) groups excluding carboxylic acids is 1. The van der Waals surface area contributed by atoms with Crippen molar-refractivity contribution in [1.29, 1.82) is 0 Å². The fourth-order valence-corrected chi connectivity index (χ4v) is 4.12. The Hall–Kier alpha value is -3.52. The van der Waals surface area contributed by atoms with E-state index >= 15 is 0 Å². The monoisotopic (exact) mass is 440 g/mol. The number of benzene rings is 3. The van der Waals surface area contributed by atoms with Gasteiger partial charge in [-0.05, 0) is 61.5 Å². The van der Waals surface area contributed by atoms with Crippen LogP contribution in [0.4, 0.5) is 5.69 Å². The number of carbonyl (C=O) groups is 1. The second-order valence-electron chi connectivity index (χ2n) is 6.80. The predicted molar refractivity (Wildman–Crippen MR) is 119 cm³/mol. The minimum Gasteiger partial charge on any atom is -0.497 e. The number of anilines is 1. The van der Waals surface area contributed by atoms with E-state index in [0.717, 1.165) is 5.56 Å². The zero-order valence-corrected chi connectivity index (χ0v) is 18.3. The summed E-state index contributed by atoms with van der Waals surface area (Å²) in [6.45, 7) is 1.84. The van der Waals surface area contributed by atoms with E-state index < -0.39 is 10.0 Å². The highest BCUT2D eigenvalue weighted by Gasteiger charge is 2.17. The second-order valence-corrected chi connectivity index (χ2v) is 8.48. The Morgan fingerprint density at radius 1 is 0.903 bits per heavy atom. The van der Waals surface area contributed by atoms with Crippen molar-refractivity contribution in [2.24, 2.45) is 0 Å². The molecule has 1 atom stereocenters. The van der Waals surface area contributed by atoms with Crippen LogP contribution in [0.5, 0.6) is 11.5 Å². The number of rotatable bonds is 8. The lowest BCUT2D eigenvalue weighted by atomic mass is 10.1. The van der Waals surface area contributed by atoms with Gasteiger partial charge in [-0.2, -0.15) is 0 Å². The first kappa shape index (κ1) is 22.2. The van der Waals surface area contributed by atoms with Crippen LogP contribution in [0.3, 0.4) is 0 Å². The van der Waals surface area contributed by atoms with Crippen molar-refractivity contribution < 1.29 is 22.7 Å². The largest absolute Gasteiger partial charge is 0.497 e. The van der Waals surface area contributed by atoms with Gasteiger partial charge < -0.3 is 14.8 Å². The van der Waals surface area contributed by atoms with Gasteiger partial charge in [0.2, 0.25) is 0 Å². The highest BCUT2D eigenvalue weighted by atomic mass is 32.2. The number of hydrogen-bond acceptors (Lipinski definition) is 5. The zero-order valence-electron chi connectivity index (χ0n) is 17.5. The first-order valence-corrected chi connectivity index (χ1v) is 11.0. The number of methoxy groups -OCH3 is 2.